The Morgan fingerprint density at radius 2 is 2.18 bits per heavy atom. The van der Waals surface area contributed by atoms with Gasteiger partial charge in [-0.15, -0.1) is 0 Å². The number of benzene rings is 1. The molecule has 2 aromatic rings. The molecule has 0 saturated carbocycles. The van der Waals surface area contributed by atoms with Gasteiger partial charge in [0.15, 0.2) is 0 Å². The molecule has 7 nitrogen and oxygen atoms in total. The summed E-state index contributed by atoms with van der Waals surface area (Å²) in [4.78, 5) is 30.8. The second kappa shape index (κ2) is 7.30. The number of carbonyl (C=O) groups excluding carboxylic acids is 2. The van der Waals surface area contributed by atoms with Gasteiger partial charge in [0, 0.05) is 50.8 Å². The first-order chi connectivity index (χ1) is 13.5. The Morgan fingerprint density at radius 1 is 1.36 bits per heavy atom. The molecule has 3 heterocycles. The van der Waals surface area contributed by atoms with Crippen LogP contribution >= 0.6 is 0 Å². The van der Waals surface area contributed by atoms with Crippen LogP contribution in [0.15, 0.2) is 36.7 Å². The van der Waals surface area contributed by atoms with Crippen molar-refractivity contribution >= 4 is 11.8 Å². The highest BCUT2D eigenvalue weighted by Gasteiger charge is 2.43. The van der Waals surface area contributed by atoms with E-state index in [1.54, 1.807) is 17.3 Å². The minimum atomic E-state index is -0.433. The molecule has 148 valence electrons. The zero-order valence-electron chi connectivity index (χ0n) is 16.4. The third kappa shape index (κ3) is 3.61. The summed E-state index contributed by atoms with van der Waals surface area (Å²) in [5, 5.41) is 3.19. The molecule has 0 radical (unpaired) electrons. The Morgan fingerprint density at radius 3 is 2.96 bits per heavy atom. The van der Waals surface area contributed by atoms with E-state index in [1.807, 2.05) is 42.8 Å². The van der Waals surface area contributed by atoms with E-state index in [9.17, 15) is 9.59 Å². The van der Waals surface area contributed by atoms with Crippen molar-refractivity contribution in [3.05, 3.63) is 48.0 Å². The Kier molecular flexibility index (Phi) is 4.83. The number of aryl methyl sites for hydroxylation is 1. The van der Waals surface area contributed by atoms with Gasteiger partial charge in [-0.3, -0.25) is 9.59 Å². The molecule has 0 bridgehead atoms. The van der Waals surface area contributed by atoms with Crippen LogP contribution in [0, 0.1) is 6.92 Å². The number of imidazole rings is 1. The molecule has 2 amide bonds. The first kappa shape index (κ1) is 18.5. The second-order valence-corrected chi connectivity index (χ2v) is 7.81. The molecule has 0 unspecified atom stereocenters. The lowest BCUT2D eigenvalue weighted by molar-refractivity contribution is -0.129. The molecule has 1 spiro atoms. The molecule has 1 aromatic carbocycles. The molecule has 1 fully saturated rings. The van der Waals surface area contributed by atoms with Gasteiger partial charge in [-0.25, -0.2) is 4.98 Å². The van der Waals surface area contributed by atoms with E-state index >= 15 is 0 Å². The number of ether oxygens (including phenoxy) is 1. The Hall–Kier alpha value is -2.83. The third-order valence-corrected chi connectivity index (χ3v) is 5.89. The molecule has 28 heavy (non-hydrogen) atoms. The topological polar surface area (TPSA) is 76.5 Å². The minimum Gasteiger partial charge on any atom is -0.487 e. The van der Waals surface area contributed by atoms with E-state index in [0.717, 1.165) is 23.6 Å². The van der Waals surface area contributed by atoms with E-state index in [-0.39, 0.29) is 24.4 Å². The Labute approximate surface area is 164 Å². The third-order valence-electron chi connectivity index (χ3n) is 5.89. The summed E-state index contributed by atoms with van der Waals surface area (Å²) in [5.41, 5.74) is 0.560. The number of amides is 2. The number of fused-ring (bicyclic) bond motifs is 1. The van der Waals surface area contributed by atoms with Gasteiger partial charge in [0.2, 0.25) is 11.8 Å². The van der Waals surface area contributed by atoms with E-state index in [2.05, 4.69) is 10.3 Å². The maximum Gasteiger partial charge on any atom is 0.240 e. The number of nitrogens with one attached hydrogen (secondary N) is 1. The number of para-hydroxylation sites is 1. The molecule has 1 N–H and O–H groups in total. The van der Waals surface area contributed by atoms with Crippen LogP contribution in [0.25, 0.3) is 0 Å². The van der Waals surface area contributed by atoms with E-state index in [0.29, 0.717) is 25.8 Å². The fourth-order valence-corrected chi connectivity index (χ4v) is 4.17. The zero-order valence-corrected chi connectivity index (χ0v) is 16.4. The monoisotopic (exact) mass is 382 g/mol. The number of rotatable bonds is 3. The summed E-state index contributed by atoms with van der Waals surface area (Å²) in [7, 11) is 1.84. The molecular formula is C21H26N4O3. The van der Waals surface area contributed by atoms with Gasteiger partial charge in [0.25, 0.3) is 0 Å². The fourth-order valence-electron chi connectivity index (χ4n) is 4.17. The number of aromatic nitrogens is 2. The van der Waals surface area contributed by atoms with Gasteiger partial charge >= 0.3 is 0 Å². The highest BCUT2D eigenvalue weighted by molar-refractivity contribution is 5.77. The molecule has 1 saturated heterocycles. The zero-order chi connectivity index (χ0) is 19.7. The van der Waals surface area contributed by atoms with Crippen LogP contribution in [0.3, 0.4) is 0 Å². The van der Waals surface area contributed by atoms with Crippen LogP contribution in [-0.4, -0.2) is 45.5 Å². The fraction of sp³-hybridized carbons (Fsp3) is 0.476. The summed E-state index contributed by atoms with van der Waals surface area (Å²) in [5.74, 6) is 1.70. The minimum absolute atomic E-state index is 0.0558. The lowest BCUT2D eigenvalue weighted by Crippen LogP contribution is -2.46. The van der Waals surface area contributed by atoms with Crippen LogP contribution in [0.5, 0.6) is 5.75 Å². The summed E-state index contributed by atoms with van der Waals surface area (Å²) >= 11 is 0. The molecular weight excluding hydrogens is 356 g/mol. The van der Waals surface area contributed by atoms with Crippen molar-refractivity contribution < 1.29 is 14.3 Å². The standard InChI is InChI=1S/C21H26N4O3/c1-15-22-10-12-25(15)14-19(26)23-17-13-21(8-7-20(27)24(2)11-9-21)28-18-6-4-3-5-16(17)18/h3-6,10,12,17H,7-9,11,13-14H2,1-2H3,(H,23,26)/t17-,21+/m0/s1. The van der Waals surface area contributed by atoms with E-state index in [1.165, 1.54) is 0 Å². The van der Waals surface area contributed by atoms with Gasteiger partial charge in [-0.1, -0.05) is 18.2 Å². The molecule has 7 heteroatoms. The van der Waals surface area contributed by atoms with Crippen molar-refractivity contribution in [1.82, 2.24) is 19.8 Å². The highest BCUT2D eigenvalue weighted by atomic mass is 16.5. The quantitative estimate of drug-likeness (QED) is 0.883. The van der Waals surface area contributed by atoms with Crippen LogP contribution in [0.2, 0.25) is 0 Å². The van der Waals surface area contributed by atoms with Crippen LogP contribution in [0.4, 0.5) is 0 Å². The lowest BCUT2D eigenvalue weighted by atomic mass is 9.82. The molecule has 4 rings (SSSR count). The van der Waals surface area contributed by atoms with E-state index in [4.69, 9.17) is 4.74 Å². The van der Waals surface area contributed by atoms with Gasteiger partial charge in [-0.05, 0) is 19.4 Å². The predicted octanol–water partition coefficient (Wildman–Crippen LogP) is 2.21. The smallest absolute Gasteiger partial charge is 0.240 e. The predicted molar refractivity (Wildman–Crippen MR) is 104 cm³/mol. The van der Waals surface area contributed by atoms with Crippen molar-refractivity contribution in [2.75, 3.05) is 13.6 Å². The second-order valence-electron chi connectivity index (χ2n) is 7.81. The Bertz CT molecular complexity index is 893. The number of nitrogens with zero attached hydrogens (tertiary/aromatic N) is 3. The van der Waals surface area contributed by atoms with Crippen molar-refractivity contribution in [2.24, 2.45) is 0 Å². The van der Waals surface area contributed by atoms with Crippen molar-refractivity contribution in [1.29, 1.82) is 0 Å². The summed E-state index contributed by atoms with van der Waals surface area (Å²) < 4.78 is 8.26. The first-order valence-electron chi connectivity index (χ1n) is 9.75. The molecule has 2 atom stereocenters. The van der Waals surface area contributed by atoms with Gasteiger partial charge in [0.1, 0.15) is 23.7 Å². The summed E-state index contributed by atoms with van der Waals surface area (Å²) in [6, 6.07) is 7.72. The summed E-state index contributed by atoms with van der Waals surface area (Å²) in [6.07, 6.45) is 6.06. The molecule has 2 aliphatic rings. The first-order valence-corrected chi connectivity index (χ1v) is 9.75. The molecule has 2 aliphatic heterocycles. The summed E-state index contributed by atoms with van der Waals surface area (Å²) in [6.45, 7) is 2.78. The van der Waals surface area contributed by atoms with Gasteiger partial charge in [0.05, 0.1) is 6.04 Å². The van der Waals surface area contributed by atoms with Crippen molar-refractivity contribution in [3.63, 3.8) is 0 Å². The SMILES string of the molecule is Cc1nccn1CC(=O)N[C@H]1C[C@]2(CCC(=O)N(C)CC2)Oc2ccccc21. The maximum atomic E-state index is 12.7. The van der Waals surface area contributed by atoms with Crippen LogP contribution in [-0.2, 0) is 16.1 Å². The average molecular weight is 382 g/mol. The van der Waals surface area contributed by atoms with Crippen molar-refractivity contribution in [2.45, 2.75) is 50.8 Å². The average Bonchev–Trinajstić information content (AvgIpc) is 3.03. The van der Waals surface area contributed by atoms with Crippen LogP contribution in [0.1, 0.15) is 43.1 Å². The Balaban J connectivity index is 1.56. The van der Waals surface area contributed by atoms with E-state index < -0.39 is 5.60 Å². The van der Waals surface area contributed by atoms with Crippen LogP contribution < -0.4 is 10.1 Å². The largest absolute Gasteiger partial charge is 0.487 e. The maximum absolute atomic E-state index is 12.7. The number of hydrogen-bond donors (Lipinski definition) is 1. The number of likely N-dealkylation sites (tertiary alicyclic amines) is 1. The lowest BCUT2D eigenvalue weighted by Gasteiger charge is -2.42. The van der Waals surface area contributed by atoms with Crippen molar-refractivity contribution in [3.8, 4) is 5.75 Å². The molecule has 1 aromatic heterocycles. The van der Waals surface area contributed by atoms with Gasteiger partial charge < -0.3 is 19.5 Å². The van der Waals surface area contributed by atoms with Gasteiger partial charge in [-0.2, -0.15) is 0 Å². The number of hydrogen-bond acceptors (Lipinski definition) is 4. The molecule has 0 aliphatic carbocycles. The number of carbonyl (C=O) groups is 2. The highest BCUT2D eigenvalue weighted by Crippen LogP contribution is 2.44. The normalized spacial score (nSPS) is 24.4.